The van der Waals surface area contributed by atoms with Crippen molar-refractivity contribution in [2.75, 3.05) is 6.54 Å². The van der Waals surface area contributed by atoms with Crippen molar-refractivity contribution >= 4 is 17.2 Å². The van der Waals surface area contributed by atoms with Gasteiger partial charge < -0.3 is 4.90 Å². The Balaban J connectivity index is 2.12. The van der Waals surface area contributed by atoms with Gasteiger partial charge in [-0.2, -0.15) is 0 Å². The second-order valence-electron chi connectivity index (χ2n) is 3.94. The lowest BCUT2D eigenvalue weighted by Crippen LogP contribution is -2.30. The topological polar surface area (TPSA) is 46.1 Å². The maximum Gasteiger partial charge on any atom is 0.274 e. The van der Waals surface area contributed by atoms with Crippen LogP contribution >= 0.6 is 11.3 Å². The Hall–Kier alpha value is -1.75. The number of aryl methyl sites for hydroxylation is 1. The third-order valence-corrected chi connectivity index (χ3v) is 3.46. The highest BCUT2D eigenvalue weighted by Gasteiger charge is 2.16. The Kier molecular flexibility index (Phi) is 4.04. The van der Waals surface area contributed by atoms with Crippen LogP contribution in [0.1, 0.15) is 28.0 Å². The zero-order chi connectivity index (χ0) is 13.0. The van der Waals surface area contributed by atoms with Gasteiger partial charge in [-0.15, -0.1) is 11.3 Å². The van der Waals surface area contributed by atoms with Crippen molar-refractivity contribution in [3.8, 4) is 0 Å². The normalized spacial score (nSPS) is 10.3. The smallest absolute Gasteiger partial charge is 0.274 e. The standard InChI is InChI=1S/C13H15N3OS/c1-3-16(9-11-5-4-6-18-11)13(17)12-8-14-10(2)7-15-12/h4-8H,3,9H2,1-2H3. The predicted octanol–water partition coefficient (Wildman–Crippen LogP) is 2.51. The number of aromatic nitrogens is 2. The van der Waals surface area contributed by atoms with Crippen molar-refractivity contribution in [2.45, 2.75) is 20.4 Å². The van der Waals surface area contributed by atoms with Crippen LogP contribution in [-0.4, -0.2) is 27.3 Å². The highest BCUT2D eigenvalue weighted by Crippen LogP contribution is 2.13. The van der Waals surface area contributed by atoms with Gasteiger partial charge in [-0.05, 0) is 25.3 Å². The molecule has 0 aliphatic rings. The molecule has 5 heteroatoms. The van der Waals surface area contributed by atoms with Gasteiger partial charge in [-0.25, -0.2) is 4.98 Å². The Labute approximate surface area is 110 Å². The summed E-state index contributed by atoms with van der Waals surface area (Å²) in [5, 5.41) is 2.01. The molecule has 1 amide bonds. The summed E-state index contributed by atoms with van der Waals surface area (Å²) in [7, 11) is 0. The molecule has 4 nitrogen and oxygen atoms in total. The summed E-state index contributed by atoms with van der Waals surface area (Å²) in [5.41, 5.74) is 1.21. The van der Waals surface area contributed by atoms with Crippen LogP contribution in [0.5, 0.6) is 0 Å². The van der Waals surface area contributed by atoms with Gasteiger partial charge >= 0.3 is 0 Å². The first-order valence-corrected chi connectivity index (χ1v) is 6.69. The minimum atomic E-state index is -0.0709. The van der Waals surface area contributed by atoms with Gasteiger partial charge in [-0.1, -0.05) is 6.07 Å². The summed E-state index contributed by atoms with van der Waals surface area (Å²) >= 11 is 1.65. The third kappa shape index (κ3) is 2.92. The molecule has 0 aliphatic carbocycles. The number of rotatable bonds is 4. The zero-order valence-corrected chi connectivity index (χ0v) is 11.3. The molecule has 0 aliphatic heterocycles. The molecule has 2 heterocycles. The van der Waals surface area contributed by atoms with E-state index in [1.165, 1.54) is 11.1 Å². The first-order chi connectivity index (χ1) is 8.70. The van der Waals surface area contributed by atoms with Gasteiger partial charge in [0.1, 0.15) is 5.69 Å². The van der Waals surface area contributed by atoms with E-state index in [4.69, 9.17) is 0 Å². The van der Waals surface area contributed by atoms with Crippen LogP contribution in [0, 0.1) is 6.92 Å². The van der Waals surface area contributed by atoms with Crippen LogP contribution in [0.15, 0.2) is 29.9 Å². The van der Waals surface area contributed by atoms with Crippen molar-refractivity contribution in [3.63, 3.8) is 0 Å². The van der Waals surface area contributed by atoms with E-state index in [9.17, 15) is 4.79 Å². The van der Waals surface area contributed by atoms with Crippen molar-refractivity contribution < 1.29 is 4.79 Å². The van der Waals surface area contributed by atoms with Crippen LogP contribution in [0.25, 0.3) is 0 Å². The summed E-state index contributed by atoms with van der Waals surface area (Å²) < 4.78 is 0. The molecular weight excluding hydrogens is 246 g/mol. The molecule has 0 N–H and O–H groups in total. The number of nitrogens with zero attached hydrogens (tertiary/aromatic N) is 3. The van der Waals surface area contributed by atoms with Crippen LogP contribution in [0.3, 0.4) is 0 Å². The van der Waals surface area contributed by atoms with Gasteiger partial charge in [0.2, 0.25) is 0 Å². The molecule has 18 heavy (non-hydrogen) atoms. The molecule has 0 atom stereocenters. The molecule has 2 rings (SSSR count). The van der Waals surface area contributed by atoms with Crippen LogP contribution in [-0.2, 0) is 6.54 Å². The lowest BCUT2D eigenvalue weighted by Gasteiger charge is -2.19. The molecule has 0 saturated carbocycles. The molecule has 0 radical (unpaired) electrons. The fourth-order valence-corrected chi connectivity index (χ4v) is 2.30. The maximum atomic E-state index is 12.2. The number of carbonyl (C=O) groups is 1. The second-order valence-corrected chi connectivity index (χ2v) is 4.97. The van der Waals surface area contributed by atoms with Crippen LogP contribution in [0.2, 0.25) is 0 Å². The number of hydrogen-bond donors (Lipinski definition) is 0. The molecule has 0 spiro atoms. The van der Waals surface area contributed by atoms with E-state index in [0.29, 0.717) is 18.8 Å². The first kappa shape index (κ1) is 12.7. The van der Waals surface area contributed by atoms with Gasteiger partial charge in [0, 0.05) is 17.6 Å². The average Bonchev–Trinajstić information content (AvgIpc) is 2.89. The maximum absolute atomic E-state index is 12.2. The van der Waals surface area contributed by atoms with Gasteiger partial charge in [0.25, 0.3) is 5.91 Å². The predicted molar refractivity (Wildman–Crippen MR) is 71.5 cm³/mol. The SMILES string of the molecule is CCN(Cc1cccs1)C(=O)c1cnc(C)cn1. The van der Waals surface area contributed by atoms with Gasteiger partial charge in [0.05, 0.1) is 18.4 Å². The van der Waals surface area contributed by atoms with E-state index in [1.54, 1.807) is 22.4 Å². The van der Waals surface area contributed by atoms with Crippen LogP contribution in [0.4, 0.5) is 0 Å². The zero-order valence-electron chi connectivity index (χ0n) is 10.5. The molecule has 0 saturated heterocycles. The summed E-state index contributed by atoms with van der Waals surface area (Å²) in [6.07, 6.45) is 3.15. The molecule has 2 aromatic heterocycles. The Morgan fingerprint density at radius 2 is 2.22 bits per heavy atom. The molecular formula is C13H15N3OS. The van der Waals surface area contributed by atoms with Gasteiger partial charge in [0.15, 0.2) is 0 Å². The van der Waals surface area contributed by atoms with Gasteiger partial charge in [-0.3, -0.25) is 9.78 Å². The molecule has 0 aromatic carbocycles. The summed E-state index contributed by atoms with van der Waals surface area (Å²) in [5.74, 6) is -0.0709. The lowest BCUT2D eigenvalue weighted by molar-refractivity contribution is 0.0747. The molecule has 0 bridgehead atoms. The quantitative estimate of drug-likeness (QED) is 0.849. The summed E-state index contributed by atoms with van der Waals surface area (Å²) in [6.45, 7) is 5.10. The van der Waals surface area contributed by atoms with E-state index < -0.39 is 0 Å². The average molecular weight is 261 g/mol. The van der Waals surface area contributed by atoms with E-state index >= 15 is 0 Å². The molecule has 0 fully saturated rings. The monoisotopic (exact) mass is 261 g/mol. The molecule has 2 aromatic rings. The minimum Gasteiger partial charge on any atom is -0.332 e. The number of amides is 1. The third-order valence-electron chi connectivity index (χ3n) is 2.60. The summed E-state index contributed by atoms with van der Waals surface area (Å²) in [6, 6.07) is 4.02. The highest BCUT2D eigenvalue weighted by molar-refractivity contribution is 7.09. The number of thiophene rings is 1. The van der Waals surface area contributed by atoms with E-state index in [0.717, 1.165) is 5.69 Å². The van der Waals surface area contributed by atoms with E-state index in [1.807, 2.05) is 31.4 Å². The van der Waals surface area contributed by atoms with E-state index in [-0.39, 0.29) is 5.91 Å². The second kappa shape index (κ2) is 5.73. The Bertz CT molecular complexity index is 508. The van der Waals surface area contributed by atoms with Crippen LogP contribution < -0.4 is 0 Å². The largest absolute Gasteiger partial charge is 0.332 e. The minimum absolute atomic E-state index is 0.0709. The lowest BCUT2D eigenvalue weighted by atomic mass is 10.3. The number of carbonyl (C=O) groups excluding carboxylic acids is 1. The fourth-order valence-electron chi connectivity index (χ4n) is 1.58. The first-order valence-electron chi connectivity index (χ1n) is 5.81. The van der Waals surface area contributed by atoms with E-state index in [2.05, 4.69) is 9.97 Å². The summed E-state index contributed by atoms with van der Waals surface area (Å²) in [4.78, 5) is 23.4. The Morgan fingerprint density at radius 3 is 2.78 bits per heavy atom. The fraction of sp³-hybridized carbons (Fsp3) is 0.308. The number of hydrogen-bond acceptors (Lipinski definition) is 4. The van der Waals surface area contributed by atoms with Crippen molar-refractivity contribution in [2.24, 2.45) is 0 Å². The Morgan fingerprint density at radius 1 is 1.39 bits per heavy atom. The van der Waals surface area contributed by atoms with Crippen molar-refractivity contribution in [1.29, 1.82) is 0 Å². The van der Waals surface area contributed by atoms with Crippen molar-refractivity contribution in [1.82, 2.24) is 14.9 Å². The molecule has 94 valence electrons. The highest BCUT2D eigenvalue weighted by atomic mass is 32.1. The molecule has 0 unspecified atom stereocenters. The van der Waals surface area contributed by atoms with Crippen molar-refractivity contribution in [3.05, 3.63) is 46.2 Å².